The van der Waals surface area contributed by atoms with E-state index < -0.39 is 15.9 Å². The van der Waals surface area contributed by atoms with E-state index in [1.165, 1.54) is 103 Å². The van der Waals surface area contributed by atoms with Crippen LogP contribution in [0.25, 0.3) is 0 Å². The first-order valence-corrected chi connectivity index (χ1v) is 19.6. The van der Waals surface area contributed by atoms with Crippen molar-refractivity contribution in [3.63, 3.8) is 0 Å². The van der Waals surface area contributed by atoms with Crippen LogP contribution in [0.1, 0.15) is 180 Å². The van der Waals surface area contributed by atoms with E-state index in [1.54, 1.807) is 0 Å². The maximum atomic E-state index is 12.2. The first kappa shape index (κ1) is 40.0. The molecule has 0 fully saturated rings. The van der Waals surface area contributed by atoms with E-state index in [2.05, 4.69) is 37.6 Å². The number of rotatable bonds is 32. The van der Waals surface area contributed by atoms with Gasteiger partial charge in [0.05, 0.1) is 5.75 Å². The summed E-state index contributed by atoms with van der Waals surface area (Å²) in [5, 5.41) is 16.9. The van der Waals surface area contributed by atoms with Gasteiger partial charge in [-0.2, -0.15) is 5.21 Å². The normalized spacial score (nSPS) is 11.6. The van der Waals surface area contributed by atoms with Crippen LogP contribution in [-0.4, -0.2) is 53.2 Å². The molecule has 0 aliphatic carbocycles. The zero-order valence-electron chi connectivity index (χ0n) is 27.9. The Bertz CT molecular complexity index is 911. The predicted molar refractivity (Wildman–Crippen MR) is 179 cm³/mol. The summed E-state index contributed by atoms with van der Waals surface area (Å²) < 4.78 is 26.6. The summed E-state index contributed by atoms with van der Waals surface area (Å²) in [6, 6.07) is 0. The molecule has 1 rings (SSSR count). The highest BCUT2D eigenvalue weighted by atomic mass is 32.2. The molecule has 0 atom stereocenters. The molecular weight excluding hydrogens is 576 g/mol. The highest BCUT2D eigenvalue weighted by molar-refractivity contribution is 7.90. The van der Waals surface area contributed by atoms with E-state index in [0.717, 1.165) is 50.8 Å². The fourth-order valence-corrected chi connectivity index (χ4v) is 6.50. The largest absolute Gasteiger partial charge is 0.356 e. The van der Waals surface area contributed by atoms with Crippen molar-refractivity contribution in [2.45, 2.75) is 180 Å². The van der Waals surface area contributed by atoms with Crippen LogP contribution in [0, 0.1) is 0 Å². The van der Waals surface area contributed by atoms with E-state index in [-0.39, 0.29) is 30.9 Å². The van der Waals surface area contributed by atoms with Crippen LogP contribution >= 0.6 is 0 Å². The molecule has 0 bridgehead atoms. The summed E-state index contributed by atoms with van der Waals surface area (Å²) in [4.78, 5) is 24.1. The number of nitrogens with one attached hydrogen (secondary N) is 3. The van der Waals surface area contributed by atoms with Crippen molar-refractivity contribution < 1.29 is 18.0 Å². The molecule has 0 aliphatic heterocycles. The van der Waals surface area contributed by atoms with Crippen LogP contribution < -0.4 is 10.0 Å². The molecule has 0 aromatic carbocycles. The van der Waals surface area contributed by atoms with Crippen molar-refractivity contribution in [2.75, 3.05) is 12.3 Å². The highest BCUT2D eigenvalue weighted by Gasteiger charge is 2.15. The average Bonchev–Trinajstić information content (AvgIpc) is 3.51. The van der Waals surface area contributed by atoms with E-state index in [4.69, 9.17) is 0 Å². The van der Waals surface area contributed by atoms with E-state index in [9.17, 15) is 18.0 Å². The Kier molecular flexibility index (Phi) is 25.8. The lowest BCUT2D eigenvalue weighted by Crippen LogP contribution is -2.33. The fourth-order valence-electron chi connectivity index (χ4n) is 5.43. The van der Waals surface area contributed by atoms with Crippen molar-refractivity contribution >= 4 is 21.8 Å². The topological polar surface area (TPSA) is 147 Å². The van der Waals surface area contributed by atoms with Gasteiger partial charge in [-0.25, -0.2) is 8.42 Å². The molecule has 1 aromatic heterocycles. The number of tetrazole rings is 1. The second-order valence-corrected chi connectivity index (χ2v) is 14.2. The molecule has 0 aliphatic rings. The van der Waals surface area contributed by atoms with Crippen LogP contribution in [0.2, 0.25) is 0 Å². The lowest BCUT2D eigenvalue weighted by atomic mass is 10.0. The third kappa shape index (κ3) is 26.4. The minimum atomic E-state index is -3.69. The summed E-state index contributed by atoms with van der Waals surface area (Å²) in [5.74, 6) is 0.0445. The van der Waals surface area contributed by atoms with Gasteiger partial charge in [-0.3, -0.25) is 14.3 Å². The Morgan fingerprint density at radius 2 is 1.09 bits per heavy atom. The van der Waals surface area contributed by atoms with Gasteiger partial charge >= 0.3 is 0 Å². The molecule has 2 amide bonds. The lowest BCUT2D eigenvalue weighted by Gasteiger charge is -2.08. The van der Waals surface area contributed by atoms with E-state index in [0.29, 0.717) is 13.0 Å². The maximum Gasteiger partial charge on any atom is 0.234 e. The standard InChI is InChI=1S/C33H64N6O4S/c1-2-3-4-5-6-7-15-18-21-24-29-34-32(40)28-25-30-44(42,43)37-33(41)27-23-20-17-14-12-10-8-9-11-13-16-19-22-26-31-35-38-39-36-31/h2-30H2,1H3,(H,34,40)(H,37,41)(H,35,36,38,39). The minimum Gasteiger partial charge on any atom is -0.356 e. The summed E-state index contributed by atoms with van der Waals surface area (Å²) in [7, 11) is -3.69. The first-order valence-electron chi connectivity index (χ1n) is 18.0. The summed E-state index contributed by atoms with van der Waals surface area (Å²) >= 11 is 0. The second kappa shape index (κ2) is 28.4. The molecule has 11 heteroatoms. The fraction of sp³-hybridized carbons (Fsp3) is 0.909. The molecule has 256 valence electrons. The molecular formula is C33H64N6O4S. The number of carbonyl (C=O) groups excluding carboxylic acids is 2. The molecule has 1 heterocycles. The number of carbonyl (C=O) groups is 2. The van der Waals surface area contributed by atoms with Gasteiger partial charge in [0.25, 0.3) is 0 Å². The van der Waals surface area contributed by atoms with Crippen LogP contribution in [0.15, 0.2) is 0 Å². The zero-order chi connectivity index (χ0) is 32.0. The van der Waals surface area contributed by atoms with Crippen molar-refractivity contribution in [1.29, 1.82) is 0 Å². The number of aromatic nitrogens is 4. The van der Waals surface area contributed by atoms with E-state index >= 15 is 0 Å². The number of hydrogen-bond acceptors (Lipinski definition) is 7. The van der Waals surface area contributed by atoms with Gasteiger partial charge in [0, 0.05) is 25.8 Å². The molecule has 0 saturated heterocycles. The smallest absolute Gasteiger partial charge is 0.234 e. The molecule has 0 saturated carbocycles. The van der Waals surface area contributed by atoms with Crippen molar-refractivity contribution in [2.24, 2.45) is 0 Å². The summed E-state index contributed by atoms with van der Waals surface area (Å²) in [6.07, 6.45) is 29.1. The minimum absolute atomic E-state index is 0.119. The molecule has 3 N–H and O–H groups in total. The van der Waals surface area contributed by atoms with Crippen molar-refractivity contribution in [3.8, 4) is 0 Å². The molecule has 0 unspecified atom stereocenters. The number of aryl methyl sites for hydroxylation is 1. The summed E-state index contributed by atoms with van der Waals surface area (Å²) in [5.41, 5.74) is 0. The Morgan fingerprint density at radius 3 is 1.61 bits per heavy atom. The first-order chi connectivity index (χ1) is 21.4. The highest BCUT2D eigenvalue weighted by Crippen LogP contribution is 2.14. The second-order valence-electron chi connectivity index (χ2n) is 12.4. The number of aromatic amines is 1. The van der Waals surface area contributed by atoms with Crippen molar-refractivity contribution in [3.05, 3.63) is 5.82 Å². The Labute approximate surface area is 268 Å². The molecule has 0 spiro atoms. The van der Waals surface area contributed by atoms with Crippen LogP contribution in [0.5, 0.6) is 0 Å². The van der Waals surface area contributed by atoms with Gasteiger partial charge in [0.2, 0.25) is 21.8 Å². The molecule has 10 nitrogen and oxygen atoms in total. The predicted octanol–water partition coefficient (Wildman–Crippen LogP) is 7.47. The number of nitrogens with zero attached hydrogens (tertiary/aromatic N) is 3. The Morgan fingerprint density at radius 1 is 0.614 bits per heavy atom. The maximum absolute atomic E-state index is 12.2. The number of unbranched alkanes of at least 4 members (excludes halogenated alkanes) is 21. The van der Waals surface area contributed by atoms with Crippen LogP contribution in [0.3, 0.4) is 0 Å². The Hall–Kier alpha value is -2.04. The average molecular weight is 641 g/mol. The SMILES string of the molecule is CCCCCCCCCCCCNC(=O)CCCS(=O)(=O)NC(=O)CCCCCCCCCCCCCCCc1nn[nH]n1. The number of hydrogen-bond donors (Lipinski definition) is 3. The third-order valence-corrected chi connectivity index (χ3v) is 9.50. The van der Waals surface area contributed by atoms with Crippen LogP contribution in [-0.2, 0) is 26.0 Å². The van der Waals surface area contributed by atoms with Crippen molar-refractivity contribution in [1.82, 2.24) is 30.7 Å². The lowest BCUT2D eigenvalue weighted by molar-refractivity contribution is -0.121. The van der Waals surface area contributed by atoms with Gasteiger partial charge < -0.3 is 5.32 Å². The Balaban J connectivity index is 1.85. The number of H-pyrrole nitrogens is 1. The molecule has 0 radical (unpaired) electrons. The van der Waals surface area contributed by atoms with Gasteiger partial charge in [-0.15, -0.1) is 10.2 Å². The van der Waals surface area contributed by atoms with Gasteiger partial charge in [-0.1, -0.05) is 141 Å². The quantitative estimate of drug-likeness (QED) is 0.0692. The zero-order valence-corrected chi connectivity index (χ0v) is 28.7. The number of sulfonamides is 1. The molecule has 1 aromatic rings. The summed E-state index contributed by atoms with van der Waals surface area (Å²) in [6.45, 7) is 2.88. The van der Waals surface area contributed by atoms with Gasteiger partial charge in [-0.05, 0) is 25.7 Å². The van der Waals surface area contributed by atoms with Gasteiger partial charge in [0.1, 0.15) is 0 Å². The van der Waals surface area contributed by atoms with Crippen LogP contribution in [0.4, 0.5) is 0 Å². The monoisotopic (exact) mass is 640 g/mol. The number of amides is 2. The molecule has 44 heavy (non-hydrogen) atoms. The third-order valence-electron chi connectivity index (χ3n) is 8.13. The van der Waals surface area contributed by atoms with Gasteiger partial charge in [0.15, 0.2) is 5.82 Å². The van der Waals surface area contributed by atoms with E-state index in [1.807, 2.05) is 0 Å².